The highest BCUT2D eigenvalue weighted by Crippen LogP contribution is 2.44. The van der Waals surface area contributed by atoms with Gasteiger partial charge in [-0.3, -0.25) is 9.59 Å². The van der Waals surface area contributed by atoms with E-state index in [0.29, 0.717) is 12.0 Å². The zero-order valence-electron chi connectivity index (χ0n) is 18.3. The van der Waals surface area contributed by atoms with Gasteiger partial charge < -0.3 is 15.0 Å². The molecule has 0 heterocycles. The van der Waals surface area contributed by atoms with Crippen LogP contribution in [-0.4, -0.2) is 29.0 Å². The third kappa shape index (κ3) is 4.64. The van der Waals surface area contributed by atoms with Crippen molar-refractivity contribution in [1.82, 2.24) is 5.43 Å². The van der Waals surface area contributed by atoms with Crippen LogP contribution in [0.25, 0.3) is 0 Å². The molecule has 2 aliphatic rings. The number of ketones is 1. The van der Waals surface area contributed by atoms with E-state index < -0.39 is 29.0 Å². The Bertz CT molecular complexity index is 1040. The van der Waals surface area contributed by atoms with Crippen molar-refractivity contribution in [2.45, 2.75) is 52.4 Å². The Morgan fingerprint density at radius 1 is 1.25 bits per heavy atom. The first-order valence-electron chi connectivity index (χ1n) is 10.4. The Morgan fingerprint density at radius 2 is 1.91 bits per heavy atom. The molecule has 0 aromatic heterocycles. The normalized spacial score (nSPS) is 25.6. The number of aliphatic hydroxyl groups is 1. The van der Waals surface area contributed by atoms with Gasteiger partial charge in [0.25, 0.3) is 5.91 Å². The van der Waals surface area contributed by atoms with E-state index in [0.717, 1.165) is 11.8 Å². The number of benzene rings is 1. The molecule has 2 unspecified atom stereocenters. The molecule has 2 atom stereocenters. The van der Waals surface area contributed by atoms with Crippen LogP contribution in [0.2, 0.25) is 0 Å². The fraction of sp³-hybridized carbons (Fsp3) is 0.417. The monoisotopic (exact) mass is 441 g/mol. The van der Waals surface area contributed by atoms with Crippen LogP contribution in [0.5, 0.6) is 0 Å². The summed E-state index contributed by atoms with van der Waals surface area (Å²) >= 11 is 0. The maximum Gasteiger partial charge on any atom is 0.252 e. The molecular weight excluding hydrogens is 415 g/mol. The van der Waals surface area contributed by atoms with Gasteiger partial charge in [-0.1, -0.05) is 37.6 Å². The van der Waals surface area contributed by atoms with Gasteiger partial charge >= 0.3 is 0 Å². The Hall–Kier alpha value is -3.29. The Balaban J connectivity index is 1.81. The summed E-state index contributed by atoms with van der Waals surface area (Å²) in [4.78, 5) is 37.3. The zero-order chi connectivity index (χ0) is 23.7. The van der Waals surface area contributed by atoms with Crippen LogP contribution >= 0.6 is 0 Å². The molecule has 170 valence electrons. The van der Waals surface area contributed by atoms with Crippen LogP contribution in [-0.2, 0) is 14.4 Å². The van der Waals surface area contributed by atoms with Crippen LogP contribution in [0.15, 0.2) is 52.3 Å². The van der Waals surface area contributed by atoms with E-state index in [1.807, 2.05) is 20.8 Å². The fourth-order valence-electron chi connectivity index (χ4n) is 4.30. The van der Waals surface area contributed by atoms with Gasteiger partial charge in [-0.2, -0.15) is 5.10 Å². The van der Waals surface area contributed by atoms with E-state index in [1.54, 1.807) is 18.2 Å². The lowest BCUT2D eigenvalue weighted by Crippen LogP contribution is -2.53. The first-order valence-corrected chi connectivity index (χ1v) is 10.4. The average molecular weight is 441 g/mol. The predicted octanol–water partition coefficient (Wildman–Crippen LogP) is 2.69. The van der Waals surface area contributed by atoms with Gasteiger partial charge in [0.2, 0.25) is 0 Å². The van der Waals surface area contributed by atoms with Gasteiger partial charge in [0.1, 0.15) is 11.6 Å². The highest BCUT2D eigenvalue weighted by atomic mass is 19.1. The third-order valence-corrected chi connectivity index (χ3v) is 6.23. The van der Waals surface area contributed by atoms with Crippen molar-refractivity contribution in [2.75, 3.05) is 0 Å². The van der Waals surface area contributed by atoms with Crippen LogP contribution in [0.4, 0.5) is 4.39 Å². The maximum absolute atomic E-state index is 13.3. The Labute approximate surface area is 185 Å². The number of halogens is 1. The molecule has 2 N–H and O–H groups in total. The summed E-state index contributed by atoms with van der Waals surface area (Å²) < 4.78 is 13.3. The summed E-state index contributed by atoms with van der Waals surface area (Å²) in [5, 5.41) is 26.0. The number of hydrogen-bond donors (Lipinski definition) is 2. The van der Waals surface area contributed by atoms with Crippen LogP contribution < -0.4 is 10.5 Å². The molecule has 0 aliphatic heterocycles. The van der Waals surface area contributed by atoms with Crippen LogP contribution in [0.3, 0.4) is 0 Å². The minimum Gasteiger partial charge on any atom is -0.549 e. The molecule has 2 aliphatic carbocycles. The van der Waals surface area contributed by atoms with E-state index in [9.17, 15) is 29.0 Å². The lowest BCUT2D eigenvalue weighted by molar-refractivity contribution is -0.317. The minimum absolute atomic E-state index is 0.00398. The number of hydrogen-bond acceptors (Lipinski definition) is 6. The molecule has 0 bridgehead atoms. The van der Waals surface area contributed by atoms with Gasteiger partial charge in [0, 0.05) is 18.8 Å². The Kier molecular flexibility index (Phi) is 6.34. The fourth-order valence-corrected chi connectivity index (χ4v) is 4.30. The number of aliphatic carboxylic acids is 1. The van der Waals surface area contributed by atoms with Gasteiger partial charge in [0.15, 0.2) is 5.78 Å². The van der Waals surface area contributed by atoms with Crippen molar-refractivity contribution in [3.8, 4) is 0 Å². The molecule has 0 saturated carbocycles. The van der Waals surface area contributed by atoms with E-state index in [-0.39, 0.29) is 41.8 Å². The molecule has 1 amide bonds. The molecule has 0 radical (unpaired) electrons. The van der Waals surface area contributed by atoms with E-state index in [1.165, 1.54) is 12.1 Å². The second-order valence-corrected chi connectivity index (χ2v) is 9.33. The number of carbonyl (C=O) groups is 3. The summed E-state index contributed by atoms with van der Waals surface area (Å²) in [6.07, 6.45) is 3.07. The van der Waals surface area contributed by atoms with E-state index in [4.69, 9.17) is 0 Å². The molecule has 1 aromatic rings. The number of nitrogens with one attached hydrogen (secondary N) is 1. The average Bonchev–Trinajstić information content (AvgIpc) is 2.70. The largest absolute Gasteiger partial charge is 0.549 e. The van der Waals surface area contributed by atoms with Crippen LogP contribution in [0.1, 0.15) is 57.9 Å². The number of nitrogens with zero attached hydrogens (tertiary/aromatic N) is 1. The third-order valence-electron chi connectivity index (χ3n) is 6.23. The zero-order valence-corrected chi connectivity index (χ0v) is 18.3. The molecule has 0 spiro atoms. The molecule has 32 heavy (non-hydrogen) atoms. The molecule has 0 saturated heterocycles. The smallest absolute Gasteiger partial charge is 0.252 e. The van der Waals surface area contributed by atoms with Gasteiger partial charge in [-0.15, -0.1) is 0 Å². The number of Topliss-reactive ketones (excluding diaryl/α,β-unsaturated/α-hetero) is 1. The van der Waals surface area contributed by atoms with Crippen molar-refractivity contribution in [1.29, 1.82) is 0 Å². The predicted molar refractivity (Wildman–Crippen MR) is 114 cm³/mol. The minimum atomic E-state index is -1.88. The quantitative estimate of drug-likeness (QED) is 0.315. The summed E-state index contributed by atoms with van der Waals surface area (Å²) in [6, 6.07) is 5.68. The molecule has 1 aromatic carbocycles. The van der Waals surface area contributed by atoms with Crippen molar-refractivity contribution in [2.24, 2.45) is 15.9 Å². The molecule has 8 heteroatoms. The highest BCUT2D eigenvalue weighted by Gasteiger charge is 2.44. The summed E-state index contributed by atoms with van der Waals surface area (Å²) in [7, 11) is 0. The molecule has 0 fully saturated rings. The number of hydrazone groups is 1. The number of carbonyl (C=O) groups excluding carboxylic acids is 3. The molecule has 3 rings (SSSR count). The lowest BCUT2D eigenvalue weighted by atomic mass is 9.68. The summed E-state index contributed by atoms with van der Waals surface area (Å²) in [6.45, 7) is 5.54. The SMILES string of the molecule is CC1=CCC(C(=O)[O-])(C(=O)N/N=C/C2=C(O)CC(C)(C)CC2=O)CC1c1ccc(F)cc1. The maximum atomic E-state index is 13.3. The van der Waals surface area contributed by atoms with Crippen molar-refractivity contribution < 1.29 is 29.0 Å². The van der Waals surface area contributed by atoms with E-state index in [2.05, 4.69) is 10.5 Å². The first kappa shape index (κ1) is 23.4. The topological polar surface area (TPSA) is 119 Å². The van der Waals surface area contributed by atoms with Crippen molar-refractivity contribution in [3.63, 3.8) is 0 Å². The van der Waals surface area contributed by atoms with Gasteiger partial charge in [-0.25, -0.2) is 9.82 Å². The van der Waals surface area contributed by atoms with E-state index >= 15 is 0 Å². The molecular formula is C24H26FN2O5-. The standard InChI is InChI=1S/C24H27FN2O5/c1-14-8-9-24(22(31)32,10-17(14)15-4-6-16(25)7-5-15)21(30)27-26-13-18-19(28)11-23(2,3)12-20(18)29/h4-8,13,17,28H,9-12H2,1-3H3,(H,27,30)(H,31,32)/p-1/b26-13+. The summed E-state index contributed by atoms with van der Waals surface area (Å²) in [5.74, 6) is -3.68. The lowest BCUT2D eigenvalue weighted by Gasteiger charge is -2.39. The van der Waals surface area contributed by atoms with Crippen molar-refractivity contribution >= 4 is 23.9 Å². The first-order chi connectivity index (χ1) is 14.9. The second-order valence-electron chi connectivity index (χ2n) is 9.33. The van der Waals surface area contributed by atoms with Gasteiger partial charge in [-0.05, 0) is 42.9 Å². The summed E-state index contributed by atoms with van der Waals surface area (Å²) in [5.41, 5.74) is 1.50. The number of rotatable bonds is 5. The van der Waals surface area contributed by atoms with Gasteiger partial charge in [0.05, 0.1) is 23.2 Å². The number of amides is 1. The Morgan fingerprint density at radius 3 is 2.50 bits per heavy atom. The number of carboxylic acids is 1. The molecule has 7 nitrogen and oxygen atoms in total. The number of carboxylic acid groups (broad SMARTS) is 1. The van der Waals surface area contributed by atoms with Crippen LogP contribution in [0, 0.1) is 16.6 Å². The number of aliphatic hydroxyl groups excluding tert-OH is 1. The van der Waals surface area contributed by atoms with Crippen molar-refractivity contribution in [3.05, 3.63) is 58.6 Å². The number of allylic oxidation sites excluding steroid dienone is 4. The highest BCUT2D eigenvalue weighted by molar-refractivity contribution is 6.14. The second kappa shape index (κ2) is 8.68.